The van der Waals surface area contributed by atoms with E-state index in [0.717, 1.165) is 31.5 Å². The van der Waals surface area contributed by atoms with Gasteiger partial charge in [-0.1, -0.05) is 36.7 Å². The Labute approximate surface area is 155 Å². The summed E-state index contributed by atoms with van der Waals surface area (Å²) in [6.07, 6.45) is 1.35. The molecule has 0 saturated carbocycles. The fourth-order valence-electron chi connectivity index (χ4n) is 2.87. The molecule has 8 heteroatoms. The number of carbonyl (C=O) groups excluding carboxylic acids is 1. The van der Waals surface area contributed by atoms with Gasteiger partial charge < -0.3 is 9.80 Å². The minimum absolute atomic E-state index is 0.00330. The smallest absolute Gasteiger partial charge is 0.223 e. The van der Waals surface area contributed by atoms with E-state index < -0.39 is 10.0 Å². The van der Waals surface area contributed by atoms with Gasteiger partial charge in [-0.15, -0.1) is 0 Å². The van der Waals surface area contributed by atoms with Crippen molar-refractivity contribution in [2.75, 3.05) is 45.5 Å². The second kappa shape index (κ2) is 8.98. The van der Waals surface area contributed by atoms with Gasteiger partial charge in [-0.3, -0.25) is 4.79 Å². The van der Waals surface area contributed by atoms with Crippen LogP contribution >= 0.6 is 11.6 Å². The number of hydrogen-bond donors (Lipinski definition) is 0. The predicted octanol–water partition coefficient (Wildman–Crippen LogP) is 1.66. The Morgan fingerprint density at radius 2 is 1.84 bits per heavy atom. The molecule has 1 fully saturated rings. The summed E-state index contributed by atoms with van der Waals surface area (Å²) in [5, 5.41) is 0.526. The number of likely N-dealkylation sites (N-methyl/N-ethyl adjacent to an activating group) is 1. The maximum absolute atomic E-state index is 12.4. The second-order valence-electron chi connectivity index (χ2n) is 6.25. The highest BCUT2D eigenvalue weighted by molar-refractivity contribution is 7.88. The first-order valence-electron chi connectivity index (χ1n) is 8.50. The van der Waals surface area contributed by atoms with Crippen molar-refractivity contribution < 1.29 is 13.2 Å². The van der Waals surface area contributed by atoms with Gasteiger partial charge in [0.15, 0.2) is 0 Å². The second-order valence-corrected chi connectivity index (χ2v) is 8.64. The average molecular weight is 388 g/mol. The lowest BCUT2D eigenvalue weighted by molar-refractivity contribution is -0.133. The molecular formula is C17H26ClN3O3S. The van der Waals surface area contributed by atoms with Crippen molar-refractivity contribution in [2.24, 2.45) is 0 Å². The average Bonchev–Trinajstić information content (AvgIpc) is 2.59. The van der Waals surface area contributed by atoms with E-state index in [9.17, 15) is 13.2 Å². The molecule has 1 aromatic carbocycles. The van der Waals surface area contributed by atoms with Crippen LogP contribution in [-0.2, 0) is 21.4 Å². The lowest BCUT2D eigenvalue weighted by atomic mass is 10.2. The van der Waals surface area contributed by atoms with Crippen LogP contribution in [0.2, 0.25) is 5.02 Å². The van der Waals surface area contributed by atoms with Crippen molar-refractivity contribution in [1.82, 2.24) is 14.1 Å². The molecule has 6 nitrogen and oxygen atoms in total. The summed E-state index contributed by atoms with van der Waals surface area (Å²) >= 11 is 6.13. The largest absolute Gasteiger partial charge is 0.340 e. The highest BCUT2D eigenvalue weighted by Crippen LogP contribution is 2.18. The van der Waals surface area contributed by atoms with Crippen LogP contribution in [0.1, 0.15) is 18.9 Å². The molecule has 0 aromatic heterocycles. The first-order chi connectivity index (χ1) is 11.8. The number of piperazine rings is 1. The quantitative estimate of drug-likeness (QED) is 0.713. The van der Waals surface area contributed by atoms with E-state index >= 15 is 0 Å². The van der Waals surface area contributed by atoms with Crippen molar-refractivity contribution in [2.45, 2.75) is 19.9 Å². The predicted molar refractivity (Wildman–Crippen MR) is 100 cm³/mol. The number of rotatable bonds is 7. The van der Waals surface area contributed by atoms with E-state index in [4.69, 9.17) is 11.6 Å². The van der Waals surface area contributed by atoms with Crippen molar-refractivity contribution >= 4 is 27.5 Å². The molecule has 0 radical (unpaired) electrons. The van der Waals surface area contributed by atoms with Crippen molar-refractivity contribution in [1.29, 1.82) is 0 Å². The fourth-order valence-corrected chi connectivity index (χ4v) is 3.86. The standard InChI is InChI=1S/C17H26ClN3O3S/c1-3-19-10-12-20(13-11-19)17(22)8-9-21(25(2,23)24)14-15-6-4-5-7-16(15)18/h4-7H,3,8-14H2,1-2H3. The van der Waals surface area contributed by atoms with E-state index in [1.807, 2.05) is 11.0 Å². The zero-order valence-corrected chi connectivity index (χ0v) is 16.4. The van der Waals surface area contributed by atoms with Crippen LogP contribution in [0.15, 0.2) is 24.3 Å². The SMILES string of the molecule is CCN1CCN(C(=O)CCN(Cc2ccccc2Cl)S(C)(=O)=O)CC1. The van der Waals surface area contributed by atoms with Crippen LogP contribution in [0, 0.1) is 0 Å². The topological polar surface area (TPSA) is 60.9 Å². The van der Waals surface area contributed by atoms with Gasteiger partial charge in [0, 0.05) is 50.7 Å². The zero-order chi connectivity index (χ0) is 18.4. The van der Waals surface area contributed by atoms with E-state index in [1.165, 1.54) is 4.31 Å². The van der Waals surface area contributed by atoms with Gasteiger partial charge in [0.2, 0.25) is 15.9 Å². The monoisotopic (exact) mass is 387 g/mol. The molecule has 1 saturated heterocycles. The van der Waals surface area contributed by atoms with Gasteiger partial charge in [-0.2, -0.15) is 4.31 Å². The molecule has 1 amide bonds. The molecule has 0 N–H and O–H groups in total. The van der Waals surface area contributed by atoms with Gasteiger partial charge in [0.05, 0.1) is 6.26 Å². The molecule has 0 unspecified atom stereocenters. The van der Waals surface area contributed by atoms with E-state index in [2.05, 4.69) is 11.8 Å². The number of sulfonamides is 1. The molecule has 1 heterocycles. The molecule has 0 bridgehead atoms. The van der Waals surface area contributed by atoms with E-state index in [0.29, 0.717) is 18.1 Å². The molecule has 1 aliphatic rings. The summed E-state index contributed by atoms with van der Waals surface area (Å²) < 4.78 is 25.5. The van der Waals surface area contributed by atoms with Crippen LogP contribution in [0.5, 0.6) is 0 Å². The lowest BCUT2D eigenvalue weighted by Gasteiger charge is -2.34. The molecule has 1 aliphatic heterocycles. The molecule has 0 aliphatic carbocycles. The third-order valence-electron chi connectivity index (χ3n) is 4.52. The summed E-state index contributed by atoms with van der Waals surface area (Å²) in [6, 6.07) is 7.15. The highest BCUT2D eigenvalue weighted by atomic mass is 35.5. The molecule has 0 atom stereocenters. The Morgan fingerprint density at radius 3 is 2.40 bits per heavy atom. The summed E-state index contributed by atoms with van der Waals surface area (Å²) in [6.45, 7) is 6.59. The Morgan fingerprint density at radius 1 is 1.20 bits per heavy atom. The number of carbonyl (C=O) groups is 1. The first kappa shape index (κ1) is 20.2. The molecule has 25 heavy (non-hydrogen) atoms. The lowest BCUT2D eigenvalue weighted by Crippen LogP contribution is -2.49. The Balaban J connectivity index is 1.94. The van der Waals surface area contributed by atoms with Gasteiger partial charge in [0.1, 0.15) is 0 Å². The Kier molecular flexibility index (Phi) is 7.25. The number of amides is 1. The van der Waals surface area contributed by atoms with Gasteiger partial charge in [-0.05, 0) is 18.2 Å². The van der Waals surface area contributed by atoms with Gasteiger partial charge in [0.25, 0.3) is 0 Å². The first-order valence-corrected chi connectivity index (χ1v) is 10.7. The summed E-state index contributed by atoms with van der Waals surface area (Å²) in [5.74, 6) is 0.00330. The maximum atomic E-state index is 12.4. The van der Waals surface area contributed by atoms with E-state index in [-0.39, 0.29) is 25.4 Å². The third kappa shape index (κ3) is 5.95. The number of nitrogens with zero attached hydrogens (tertiary/aromatic N) is 3. The van der Waals surface area contributed by atoms with Crippen molar-refractivity contribution in [3.63, 3.8) is 0 Å². The third-order valence-corrected chi connectivity index (χ3v) is 6.14. The Bertz CT molecular complexity index is 688. The minimum Gasteiger partial charge on any atom is -0.340 e. The number of hydrogen-bond acceptors (Lipinski definition) is 4. The fraction of sp³-hybridized carbons (Fsp3) is 0.588. The normalized spacial score (nSPS) is 16.4. The van der Waals surface area contributed by atoms with Crippen molar-refractivity contribution in [3.05, 3.63) is 34.9 Å². The number of benzene rings is 1. The van der Waals surface area contributed by atoms with Gasteiger partial charge >= 0.3 is 0 Å². The highest BCUT2D eigenvalue weighted by Gasteiger charge is 2.23. The van der Waals surface area contributed by atoms with Crippen molar-refractivity contribution in [3.8, 4) is 0 Å². The van der Waals surface area contributed by atoms with Crippen LogP contribution < -0.4 is 0 Å². The number of halogens is 1. The Hall–Kier alpha value is -1.15. The molecule has 0 spiro atoms. The van der Waals surface area contributed by atoms with Crippen LogP contribution in [0.25, 0.3) is 0 Å². The summed E-state index contributed by atoms with van der Waals surface area (Å²) in [5.41, 5.74) is 0.735. The molecule has 1 aromatic rings. The molecule has 2 rings (SSSR count). The van der Waals surface area contributed by atoms with Crippen LogP contribution in [0.3, 0.4) is 0 Å². The molecular weight excluding hydrogens is 362 g/mol. The minimum atomic E-state index is -3.42. The van der Waals surface area contributed by atoms with Crippen LogP contribution in [0.4, 0.5) is 0 Å². The summed E-state index contributed by atoms with van der Waals surface area (Å²) in [4.78, 5) is 16.5. The zero-order valence-electron chi connectivity index (χ0n) is 14.8. The van der Waals surface area contributed by atoms with E-state index in [1.54, 1.807) is 18.2 Å². The molecule has 140 valence electrons. The van der Waals surface area contributed by atoms with Gasteiger partial charge in [-0.25, -0.2) is 8.42 Å². The van der Waals surface area contributed by atoms with Crippen LogP contribution in [-0.4, -0.2) is 74.0 Å². The summed E-state index contributed by atoms with van der Waals surface area (Å²) in [7, 11) is -3.42. The maximum Gasteiger partial charge on any atom is 0.223 e.